The molecule has 2 aliphatic rings. The van der Waals surface area contributed by atoms with E-state index in [4.69, 9.17) is 0 Å². The van der Waals surface area contributed by atoms with Crippen LogP contribution in [0.2, 0.25) is 0 Å². The number of hydrogen-bond donors (Lipinski definition) is 1. The fraction of sp³-hybridized carbons (Fsp3) is 1.00. The summed E-state index contributed by atoms with van der Waals surface area (Å²) < 4.78 is 0. The maximum absolute atomic E-state index is 9.79. The van der Waals surface area contributed by atoms with Crippen LogP contribution < -0.4 is 0 Å². The first kappa shape index (κ1) is 10.5. The van der Waals surface area contributed by atoms with Gasteiger partial charge in [-0.25, -0.2) is 0 Å². The molecule has 0 aromatic carbocycles. The van der Waals surface area contributed by atoms with Gasteiger partial charge in [0.05, 0.1) is 6.10 Å². The molecule has 0 aromatic rings. The fourth-order valence-corrected chi connectivity index (χ4v) is 2.76. The highest BCUT2D eigenvalue weighted by molar-refractivity contribution is 4.77. The molecule has 1 atom stereocenters. The van der Waals surface area contributed by atoms with Crippen LogP contribution in [-0.4, -0.2) is 11.2 Å². The van der Waals surface area contributed by atoms with Crippen molar-refractivity contribution in [2.45, 2.75) is 70.3 Å². The molecule has 82 valence electrons. The Balaban J connectivity index is 1.55. The molecule has 2 aliphatic carbocycles. The minimum atomic E-state index is 0.0180. The zero-order valence-electron chi connectivity index (χ0n) is 9.25. The van der Waals surface area contributed by atoms with E-state index in [1.807, 2.05) is 0 Å². The van der Waals surface area contributed by atoms with Crippen LogP contribution in [0.3, 0.4) is 0 Å². The van der Waals surface area contributed by atoms with E-state index in [2.05, 4.69) is 0 Å². The van der Waals surface area contributed by atoms with E-state index in [0.29, 0.717) is 0 Å². The summed E-state index contributed by atoms with van der Waals surface area (Å²) in [7, 11) is 0. The van der Waals surface area contributed by atoms with Crippen LogP contribution in [0.25, 0.3) is 0 Å². The molecule has 14 heavy (non-hydrogen) atoms. The second-order valence-corrected chi connectivity index (χ2v) is 5.41. The molecule has 1 unspecified atom stereocenters. The van der Waals surface area contributed by atoms with Crippen LogP contribution in [0.5, 0.6) is 0 Å². The van der Waals surface area contributed by atoms with E-state index in [-0.39, 0.29) is 6.10 Å². The Morgan fingerprint density at radius 3 is 2.29 bits per heavy atom. The van der Waals surface area contributed by atoms with Crippen LogP contribution in [0.1, 0.15) is 64.2 Å². The van der Waals surface area contributed by atoms with Gasteiger partial charge in [-0.05, 0) is 31.1 Å². The van der Waals surface area contributed by atoms with Crippen molar-refractivity contribution in [3.8, 4) is 0 Å². The van der Waals surface area contributed by atoms with E-state index in [9.17, 15) is 5.11 Å². The quantitative estimate of drug-likeness (QED) is 0.713. The van der Waals surface area contributed by atoms with E-state index < -0.39 is 0 Å². The Kier molecular flexibility index (Phi) is 3.86. The summed E-state index contributed by atoms with van der Waals surface area (Å²) in [6.45, 7) is 0. The zero-order chi connectivity index (χ0) is 9.80. The molecular formula is C13H24O. The molecule has 0 aromatic heterocycles. The van der Waals surface area contributed by atoms with Crippen LogP contribution in [0.4, 0.5) is 0 Å². The van der Waals surface area contributed by atoms with E-state index >= 15 is 0 Å². The largest absolute Gasteiger partial charge is 0.393 e. The summed E-state index contributed by atoms with van der Waals surface area (Å²) in [5.41, 5.74) is 0. The van der Waals surface area contributed by atoms with Crippen molar-refractivity contribution in [3.63, 3.8) is 0 Å². The van der Waals surface area contributed by atoms with Gasteiger partial charge >= 0.3 is 0 Å². The first-order valence-corrected chi connectivity index (χ1v) is 6.52. The van der Waals surface area contributed by atoms with Crippen LogP contribution in [0, 0.1) is 11.8 Å². The molecule has 0 amide bonds. The molecular weight excluding hydrogens is 172 g/mol. The van der Waals surface area contributed by atoms with Crippen molar-refractivity contribution in [2.75, 3.05) is 0 Å². The highest BCUT2D eigenvalue weighted by Gasteiger charge is 2.24. The number of aliphatic hydroxyl groups is 1. The second-order valence-electron chi connectivity index (χ2n) is 5.41. The molecule has 0 aliphatic heterocycles. The molecule has 0 saturated heterocycles. The SMILES string of the molecule is OC(CCC1CCCCC1)CC1CC1. The molecule has 1 nitrogen and oxygen atoms in total. The Morgan fingerprint density at radius 2 is 1.64 bits per heavy atom. The van der Waals surface area contributed by atoms with Gasteiger partial charge in [-0.2, -0.15) is 0 Å². The van der Waals surface area contributed by atoms with Crippen molar-refractivity contribution in [1.82, 2.24) is 0 Å². The lowest BCUT2D eigenvalue weighted by molar-refractivity contribution is 0.134. The second kappa shape index (κ2) is 5.16. The van der Waals surface area contributed by atoms with Gasteiger partial charge in [-0.3, -0.25) is 0 Å². The van der Waals surface area contributed by atoms with Crippen molar-refractivity contribution >= 4 is 0 Å². The van der Waals surface area contributed by atoms with Gasteiger partial charge in [0, 0.05) is 0 Å². The molecule has 0 radical (unpaired) electrons. The smallest absolute Gasteiger partial charge is 0.0543 e. The van der Waals surface area contributed by atoms with Gasteiger partial charge in [0.25, 0.3) is 0 Å². The Bertz CT molecular complexity index is 157. The predicted molar refractivity (Wildman–Crippen MR) is 59.2 cm³/mol. The molecule has 0 spiro atoms. The summed E-state index contributed by atoms with van der Waals surface area (Å²) in [5, 5.41) is 9.79. The minimum absolute atomic E-state index is 0.0180. The average molecular weight is 196 g/mol. The van der Waals surface area contributed by atoms with Crippen molar-refractivity contribution in [3.05, 3.63) is 0 Å². The number of aliphatic hydroxyl groups excluding tert-OH is 1. The first-order valence-electron chi connectivity index (χ1n) is 6.52. The van der Waals surface area contributed by atoms with Gasteiger partial charge in [0.1, 0.15) is 0 Å². The van der Waals surface area contributed by atoms with E-state index in [0.717, 1.165) is 24.7 Å². The summed E-state index contributed by atoms with van der Waals surface area (Å²) in [4.78, 5) is 0. The highest BCUT2D eigenvalue weighted by Crippen LogP contribution is 2.35. The van der Waals surface area contributed by atoms with Gasteiger partial charge in [-0.1, -0.05) is 44.9 Å². The lowest BCUT2D eigenvalue weighted by Gasteiger charge is -2.22. The summed E-state index contributed by atoms with van der Waals surface area (Å²) in [5.74, 6) is 1.83. The van der Waals surface area contributed by atoms with Crippen molar-refractivity contribution < 1.29 is 5.11 Å². The molecule has 0 bridgehead atoms. The standard InChI is InChI=1S/C13H24O/c14-13(10-12-6-7-12)9-8-11-4-2-1-3-5-11/h11-14H,1-10H2. The van der Waals surface area contributed by atoms with Crippen LogP contribution >= 0.6 is 0 Å². The lowest BCUT2D eigenvalue weighted by atomic mass is 9.85. The lowest BCUT2D eigenvalue weighted by Crippen LogP contribution is -2.12. The summed E-state index contributed by atoms with van der Waals surface area (Å²) in [6, 6.07) is 0. The molecule has 1 heteroatoms. The predicted octanol–water partition coefficient (Wildman–Crippen LogP) is 3.51. The highest BCUT2D eigenvalue weighted by atomic mass is 16.3. The van der Waals surface area contributed by atoms with Gasteiger partial charge in [-0.15, -0.1) is 0 Å². The maximum atomic E-state index is 9.79. The number of rotatable bonds is 5. The molecule has 2 fully saturated rings. The molecule has 2 rings (SSSR count). The third-order valence-electron chi connectivity index (χ3n) is 3.94. The first-order chi connectivity index (χ1) is 6.84. The van der Waals surface area contributed by atoms with Crippen molar-refractivity contribution in [2.24, 2.45) is 11.8 Å². The van der Waals surface area contributed by atoms with E-state index in [1.165, 1.54) is 51.4 Å². The van der Waals surface area contributed by atoms with Crippen LogP contribution in [-0.2, 0) is 0 Å². The number of hydrogen-bond acceptors (Lipinski definition) is 1. The zero-order valence-corrected chi connectivity index (χ0v) is 9.25. The Hall–Kier alpha value is -0.0400. The maximum Gasteiger partial charge on any atom is 0.0543 e. The Morgan fingerprint density at radius 1 is 0.929 bits per heavy atom. The van der Waals surface area contributed by atoms with Crippen molar-refractivity contribution in [1.29, 1.82) is 0 Å². The average Bonchev–Trinajstić information content (AvgIpc) is 3.00. The Labute approximate surface area is 87.9 Å². The third kappa shape index (κ3) is 3.61. The topological polar surface area (TPSA) is 20.2 Å². The third-order valence-corrected chi connectivity index (χ3v) is 3.94. The van der Waals surface area contributed by atoms with E-state index in [1.54, 1.807) is 0 Å². The normalized spacial score (nSPS) is 26.4. The van der Waals surface area contributed by atoms with Gasteiger partial charge in [0.15, 0.2) is 0 Å². The summed E-state index contributed by atoms with van der Waals surface area (Å²) >= 11 is 0. The molecule has 1 N–H and O–H groups in total. The minimum Gasteiger partial charge on any atom is -0.393 e. The fourth-order valence-electron chi connectivity index (χ4n) is 2.76. The van der Waals surface area contributed by atoms with Gasteiger partial charge in [0.2, 0.25) is 0 Å². The van der Waals surface area contributed by atoms with Gasteiger partial charge < -0.3 is 5.11 Å². The molecule has 2 saturated carbocycles. The summed E-state index contributed by atoms with van der Waals surface area (Å²) in [6.07, 6.45) is 13.4. The molecule has 0 heterocycles. The monoisotopic (exact) mass is 196 g/mol. The van der Waals surface area contributed by atoms with Crippen LogP contribution in [0.15, 0.2) is 0 Å².